The Morgan fingerprint density at radius 1 is 1.03 bits per heavy atom. The van der Waals surface area contributed by atoms with Gasteiger partial charge in [0.15, 0.2) is 5.82 Å². The van der Waals surface area contributed by atoms with Crippen molar-refractivity contribution in [2.75, 3.05) is 49.6 Å². The molecule has 1 N–H and O–H groups in total. The molecule has 1 aromatic carbocycles. The lowest BCUT2D eigenvalue weighted by Crippen LogP contribution is -2.40. The molecule has 1 aromatic heterocycles. The number of carbonyl (C=O) groups excluding carboxylic acids is 1. The molecule has 1 amide bonds. The summed E-state index contributed by atoms with van der Waals surface area (Å²) in [5, 5.41) is 2.88. The van der Waals surface area contributed by atoms with Gasteiger partial charge in [-0.05, 0) is 43.5 Å². The van der Waals surface area contributed by atoms with E-state index in [-0.39, 0.29) is 33.6 Å². The van der Waals surface area contributed by atoms with Crippen molar-refractivity contribution in [1.82, 2.24) is 9.29 Å². The van der Waals surface area contributed by atoms with Gasteiger partial charge in [0.25, 0.3) is 5.91 Å². The molecule has 3 heterocycles. The van der Waals surface area contributed by atoms with Gasteiger partial charge in [0.05, 0.1) is 34.5 Å². The number of morpholine rings is 1. The second kappa shape index (κ2) is 9.93. The van der Waals surface area contributed by atoms with Crippen molar-refractivity contribution in [3.8, 4) is 0 Å². The van der Waals surface area contributed by atoms with Gasteiger partial charge in [-0.3, -0.25) is 4.79 Å². The number of carbonyl (C=O) groups is 1. The lowest BCUT2D eigenvalue weighted by molar-refractivity contribution is 0.0730. The third-order valence-corrected chi connectivity index (χ3v) is 8.22. The maximum atomic E-state index is 13.1. The summed E-state index contributed by atoms with van der Waals surface area (Å²) in [5.74, 6) is 0.156. The van der Waals surface area contributed by atoms with Gasteiger partial charge in [0.1, 0.15) is 4.90 Å². The number of anilines is 2. The number of nitrogens with zero attached hydrogens (tertiary/aromatic N) is 3. The molecule has 172 valence electrons. The predicted molar refractivity (Wildman–Crippen MR) is 124 cm³/mol. The number of ether oxygens (including phenoxy) is 1. The number of hydrogen-bond acceptors (Lipinski definition) is 6. The molecule has 0 radical (unpaired) electrons. The number of aromatic nitrogens is 1. The highest BCUT2D eigenvalue weighted by Gasteiger charge is 2.30. The van der Waals surface area contributed by atoms with Crippen molar-refractivity contribution >= 4 is 50.6 Å². The lowest BCUT2D eigenvalue weighted by atomic mass is 10.1. The lowest BCUT2D eigenvalue weighted by Gasteiger charge is -2.29. The molecular weight excluding hydrogens is 475 g/mol. The minimum absolute atomic E-state index is 0.0244. The van der Waals surface area contributed by atoms with Gasteiger partial charge in [-0.2, -0.15) is 4.31 Å². The zero-order valence-corrected chi connectivity index (χ0v) is 19.7. The summed E-state index contributed by atoms with van der Waals surface area (Å²) in [7, 11) is -3.90. The molecule has 0 atom stereocenters. The topological polar surface area (TPSA) is 91.8 Å². The van der Waals surface area contributed by atoms with E-state index in [1.807, 2.05) is 0 Å². The van der Waals surface area contributed by atoms with Gasteiger partial charge >= 0.3 is 0 Å². The molecule has 2 saturated heterocycles. The summed E-state index contributed by atoms with van der Waals surface area (Å²) >= 11 is 12.5. The van der Waals surface area contributed by atoms with Crippen LogP contribution in [0.25, 0.3) is 0 Å². The fourth-order valence-electron chi connectivity index (χ4n) is 3.87. The summed E-state index contributed by atoms with van der Waals surface area (Å²) < 4.78 is 32.7. The zero-order chi connectivity index (χ0) is 22.7. The Morgan fingerprint density at radius 3 is 2.47 bits per heavy atom. The van der Waals surface area contributed by atoms with Crippen LogP contribution in [0.2, 0.25) is 10.0 Å². The third-order valence-electron chi connectivity index (χ3n) is 5.54. The molecule has 32 heavy (non-hydrogen) atoms. The smallest absolute Gasteiger partial charge is 0.257 e. The molecular formula is C21H24Cl2N4O4S. The molecule has 0 saturated carbocycles. The summed E-state index contributed by atoms with van der Waals surface area (Å²) in [6.07, 6.45) is 4.99. The summed E-state index contributed by atoms with van der Waals surface area (Å²) in [6.45, 7) is 2.78. The zero-order valence-electron chi connectivity index (χ0n) is 17.4. The molecule has 2 aliphatic heterocycles. The van der Waals surface area contributed by atoms with E-state index < -0.39 is 15.9 Å². The first-order valence-corrected chi connectivity index (χ1v) is 12.7. The Bertz CT molecular complexity index is 1100. The maximum Gasteiger partial charge on any atom is 0.257 e. The third kappa shape index (κ3) is 4.87. The van der Waals surface area contributed by atoms with Gasteiger partial charge in [0.2, 0.25) is 10.0 Å². The number of piperidine rings is 1. The van der Waals surface area contributed by atoms with Gasteiger partial charge in [0, 0.05) is 32.4 Å². The van der Waals surface area contributed by atoms with Crippen molar-refractivity contribution in [2.45, 2.75) is 24.2 Å². The van der Waals surface area contributed by atoms with Crippen molar-refractivity contribution in [1.29, 1.82) is 0 Å². The van der Waals surface area contributed by atoms with Crippen LogP contribution in [0, 0.1) is 0 Å². The van der Waals surface area contributed by atoms with Crippen LogP contribution >= 0.6 is 23.2 Å². The van der Waals surface area contributed by atoms with Gasteiger partial charge in [-0.1, -0.05) is 23.2 Å². The first kappa shape index (κ1) is 23.3. The van der Waals surface area contributed by atoms with Crippen LogP contribution in [0.4, 0.5) is 11.5 Å². The number of pyridine rings is 1. The Morgan fingerprint density at radius 2 is 1.75 bits per heavy atom. The minimum Gasteiger partial charge on any atom is -0.379 e. The molecule has 4 rings (SSSR count). The SMILES string of the molecule is O=C(Nc1cccnc1N1CCCCC1)c1cc(S(=O)(=O)N2CCOCC2)c(Cl)cc1Cl. The molecule has 11 heteroatoms. The summed E-state index contributed by atoms with van der Waals surface area (Å²) in [5.41, 5.74) is 0.569. The first-order chi connectivity index (χ1) is 15.4. The van der Waals surface area contributed by atoms with Crippen molar-refractivity contribution in [3.63, 3.8) is 0 Å². The fraction of sp³-hybridized carbons (Fsp3) is 0.429. The maximum absolute atomic E-state index is 13.1. The van der Waals surface area contributed by atoms with Crippen LogP contribution in [0.15, 0.2) is 35.4 Å². The Balaban J connectivity index is 1.63. The number of rotatable bonds is 5. The van der Waals surface area contributed by atoms with Crippen LogP contribution in [0.5, 0.6) is 0 Å². The second-order valence-electron chi connectivity index (χ2n) is 7.66. The highest BCUT2D eigenvalue weighted by atomic mass is 35.5. The molecule has 2 fully saturated rings. The summed E-state index contributed by atoms with van der Waals surface area (Å²) in [6, 6.07) is 6.03. The van der Waals surface area contributed by atoms with Crippen LogP contribution in [-0.4, -0.2) is 63.0 Å². The van der Waals surface area contributed by atoms with Crippen molar-refractivity contribution in [2.24, 2.45) is 0 Å². The molecule has 8 nitrogen and oxygen atoms in total. The fourth-order valence-corrected chi connectivity index (χ4v) is 6.11. The normalized spacial score (nSPS) is 17.9. The van der Waals surface area contributed by atoms with Crippen LogP contribution in [0.1, 0.15) is 29.6 Å². The van der Waals surface area contributed by atoms with E-state index in [1.165, 1.54) is 22.9 Å². The number of amides is 1. The Kier molecular flexibility index (Phi) is 7.21. The minimum atomic E-state index is -3.90. The number of sulfonamides is 1. The van der Waals surface area contributed by atoms with E-state index in [2.05, 4.69) is 15.2 Å². The Labute approximate surface area is 197 Å². The standard InChI is InChI=1S/C21H24Cl2N4O4S/c22-16-14-17(23)19(32(29,30)27-9-11-31-12-10-27)13-15(16)21(28)25-18-5-4-6-24-20(18)26-7-2-1-3-8-26/h4-6,13-14H,1-3,7-12H2,(H,25,28). The van der Waals surface area contributed by atoms with E-state index in [0.717, 1.165) is 25.9 Å². The highest BCUT2D eigenvalue weighted by molar-refractivity contribution is 7.89. The molecule has 0 unspecified atom stereocenters. The van der Waals surface area contributed by atoms with E-state index in [9.17, 15) is 13.2 Å². The average molecular weight is 499 g/mol. The van der Waals surface area contributed by atoms with Gasteiger partial charge in [-0.25, -0.2) is 13.4 Å². The van der Waals surface area contributed by atoms with Crippen LogP contribution in [0.3, 0.4) is 0 Å². The van der Waals surface area contributed by atoms with E-state index in [0.29, 0.717) is 24.7 Å². The molecule has 0 aliphatic carbocycles. The number of nitrogens with one attached hydrogen (secondary N) is 1. The molecule has 0 spiro atoms. The monoisotopic (exact) mass is 498 g/mol. The number of hydrogen-bond donors (Lipinski definition) is 1. The second-order valence-corrected chi connectivity index (χ2v) is 10.4. The first-order valence-electron chi connectivity index (χ1n) is 10.5. The van der Waals surface area contributed by atoms with Crippen molar-refractivity contribution < 1.29 is 17.9 Å². The summed E-state index contributed by atoms with van der Waals surface area (Å²) in [4.78, 5) is 19.6. The van der Waals surface area contributed by atoms with E-state index in [1.54, 1.807) is 18.3 Å². The van der Waals surface area contributed by atoms with Gasteiger partial charge < -0.3 is 15.0 Å². The molecule has 2 aromatic rings. The molecule has 2 aliphatic rings. The number of benzene rings is 1. The van der Waals surface area contributed by atoms with Crippen LogP contribution in [-0.2, 0) is 14.8 Å². The van der Waals surface area contributed by atoms with Crippen molar-refractivity contribution in [3.05, 3.63) is 46.1 Å². The predicted octanol–water partition coefficient (Wildman–Crippen LogP) is 3.65. The largest absolute Gasteiger partial charge is 0.379 e. The molecule has 0 bridgehead atoms. The quantitative estimate of drug-likeness (QED) is 0.676. The highest BCUT2D eigenvalue weighted by Crippen LogP contribution is 2.32. The van der Waals surface area contributed by atoms with E-state index >= 15 is 0 Å². The van der Waals surface area contributed by atoms with Crippen LogP contribution < -0.4 is 10.2 Å². The van der Waals surface area contributed by atoms with E-state index in [4.69, 9.17) is 27.9 Å². The number of halogens is 2. The average Bonchev–Trinajstić information content (AvgIpc) is 2.80. The Hall–Kier alpha value is -1.91. The van der Waals surface area contributed by atoms with Gasteiger partial charge in [-0.15, -0.1) is 0 Å².